The van der Waals surface area contributed by atoms with Crippen molar-refractivity contribution >= 4 is 5.82 Å². The topological polar surface area (TPSA) is 75.0 Å². The molecule has 2 fully saturated rings. The number of rotatable bonds is 1. The zero-order valence-electron chi connectivity index (χ0n) is 10.6. The Balaban J connectivity index is 1.74. The van der Waals surface area contributed by atoms with Gasteiger partial charge in [-0.3, -0.25) is 4.79 Å². The van der Waals surface area contributed by atoms with Gasteiger partial charge in [0.05, 0.1) is 0 Å². The van der Waals surface area contributed by atoms with Crippen molar-refractivity contribution in [1.29, 1.82) is 0 Å². The Morgan fingerprint density at radius 3 is 2.78 bits per heavy atom. The monoisotopic (exact) mass is 248 g/mol. The van der Waals surface area contributed by atoms with Gasteiger partial charge in [0.2, 0.25) is 0 Å². The first kappa shape index (κ1) is 11.7. The van der Waals surface area contributed by atoms with E-state index in [-0.39, 0.29) is 5.56 Å². The second-order valence-electron chi connectivity index (χ2n) is 5.59. The molecule has 18 heavy (non-hydrogen) atoms. The number of nitrogens with two attached hydrogens (primary N) is 1. The first-order valence-electron chi connectivity index (χ1n) is 6.75. The van der Waals surface area contributed by atoms with E-state index in [4.69, 9.17) is 5.73 Å². The number of aromatic amines is 1. The van der Waals surface area contributed by atoms with Gasteiger partial charge in [0.25, 0.3) is 5.56 Å². The molecule has 1 atom stereocenters. The zero-order valence-corrected chi connectivity index (χ0v) is 10.6. The Morgan fingerprint density at radius 1 is 1.39 bits per heavy atom. The fourth-order valence-corrected chi connectivity index (χ4v) is 3.52. The minimum absolute atomic E-state index is 0.0934. The molecule has 1 spiro atoms. The van der Waals surface area contributed by atoms with Crippen LogP contribution in [-0.2, 0) is 0 Å². The first-order chi connectivity index (χ1) is 8.71. The summed E-state index contributed by atoms with van der Waals surface area (Å²) < 4.78 is 0. The second kappa shape index (κ2) is 4.39. The van der Waals surface area contributed by atoms with Crippen LogP contribution in [0.15, 0.2) is 17.2 Å². The van der Waals surface area contributed by atoms with Crippen LogP contribution in [-0.4, -0.2) is 29.1 Å². The van der Waals surface area contributed by atoms with E-state index < -0.39 is 0 Å². The molecule has 1 unspecified atom stereocenters. The summed E-state index contributed by atoms with van der Waals surface area (Å²) in [6.07, 6.45) is 9.05. The lowest BCUT2D eigenvalue weighted by molar-refractivity contribution is 0.197. The summed E-state index contributed by atoms with van der Waals surface area (Å²) in [6.45, 7) is 1.79. The predicted octanol–water partition coefficient (Wildman–Crippen LogP) is 0.868. The molecule has 0 bridgehead atoms. The zero-order chi connectivity index (χ0) is 12.6. The van der Waals surface area contributed by atoms with Crippen molar-refractivity contribution in [3.05, 3.63) is 22.7 Å². The average Bonchev–Trinajstić information content (AvgIpc) is 2.73. The lowest BCUT2D eigenvalue weighted by Crippen LogP contribution is -2.48. The van der Waals surface area contributed by atoms with Gasteiger partial charge in [-0.15, -0.1) is 0 Å². The number of hydrogen-bond acceptors (Lipinski definition) is 4. The second-order valence-corrected chi connectivity index (χ2v) is 5.59. The van der Waals surface area contributed by atoms with E-state index in [2.05, 4.69) is 14.9 Å². The largest absolute Gasteiger partial charge is 0.352 e. The van der Waals surface area contributed by atoms with E-state index >= 15 is 0 Å². The molecule has 2 aliphatic rings. The van der Waals surface area contributed by atoms with Crippen molar-refractivity contribution in [2.75, 3.05) is 18.0 Å². The number of H-pyrrole nitrogens is 1. The Hall–Kier alpha value is -1.36. The highest BCUT2D eigenvalue weighted by molar-refractivity contribution is 5.36. The molecular formula is C13H20N4O. The molecular weight excluding hydrogens is 228 g/mol. The van der Waals surface area contributed by atoms with Gasteiger partial charge in [0, 0.05) is 31.5 Å². The third-order valence-electron chi connectivity index (χ3n) is 4.72. The molecule has 3 rings (SSSR count). The van der Waals surface area contributed by atoms with Crippen LogP contribution in [0.3, 0.4) is 0 Å². The molecule has 98 valence electrons. The molecule has 1 aromatic rings. The smallest absolute Gasteiger partial charge is 0.290 e. The summed E-state index contributed by atoms with van der Waals surface area (Å²) in [5.41, 5.74) is 6.49. The van der Waals surface area contributed by atoms with Crippen LogP contribution >= 0.6 is 0 Å². The van der Waals surface area contributed by atoms with E-state index in [0.29, 0.717) is 17.3 Å². The van der Waals surface area contributed by atoms with Crippen molar-refractivity contribution in [2.45, 2.75) is 38.1 Å². The van der Waals surface area contributed by atoms with Gasteiger partial charge in [-0.2, -0.15) is 0 Å². The third kappa shape index (κ3) is 1.82. The molecule has 5 heteroatoms. The minimum Gasteiger partial charge on any atom is -0.352 e. The average molecular weight is 248 g/mol. The van der Waals surface area contributed by atoms with Gasteiger partial charge in [-0.05, 0) is 31.1 Å². The van der Waals surface area contributed by atoms with E-state index in [1.807, 2.05) is 0 Å². The first-order valence-corrected chi connectivity index (χ1v) is 6.75. The number of nitrogens with one attached hydrogen (secondary N) is 1. The Kier molecular flexibility index (Phi) is 2.86. The summed E-state index contributed by atoms with van der Waals surface area (Å²) in [5, 5.41) is 0. The molecule has 1 aliphatic carbocycles. The maximum atomic E-state index is 11.7. The van der Waals surface area contributed by atoms with Crippen LogP contribution in [0.2, 0.25) is 0 Å². The predicted molar refractivity (Wildman–Crippen MR) is 70.6 cm³/mol. The van der Waals surface area contributed by atoms with Crippen LogP contribution < -0.4 is 16.2 Å². The van der Waals surface area contributed by atoms with E-state index in [9.17, 15) is 4.79 Å². The summed E-state index contributed by atoms with van der Waals surface area (Å²) >= 11 is 0. The van der Waals surface area contributed by atoms with Crippen molar-refractivity contribution in [2.24, 2.45) is 11.1 Å². The molecule has 0 aromatic carbocycles. The molecule has 5 nitrogen and oxygen atoms in total. The van der Waals surface area contributed by atoms with Crippen LogP contribution in [0.5, 0.6) is 0 Å². The van der Waals surface area contributed by atoms with Gasteiger partial charge in [-0.1, -0.05) is 6.42 Å². The lowest BCUT2D eigenvalue weighted by atomic mass is 9.74. The van der Waals surface area contributed by atoms with Gasteiger partial charge in [-0.25, -0.2) is 4.98 Å². The highest BCUT2D eigenvalue weighted by Crippen LogP contribution is 2.45. The fraction of sp³-hybridized carbons (Fsp3) is 0.692. The fourth-order valence-electron chi connectivity index (χ4n) is 3.52. The van der Waals surface area contributed by atoms with Gasteiger partial charge >= 0.3 is 0 Å². The third-order valence-corrected chi connectivity index (χ3v) is 4.72. The minimum atomic E-state index is -0.0934. The van der Waals surface area contributed by atoms with Crippen molar-refractivity contribution in [3.63, 3.8) is 0 Å². The molecule has 1 saturated carbocycles. The van der Waals surface area contributed by atoms with Crippen LogP contribution in [0.1, 0.15) is 32.1 Å². The number of piperidine rings is 1. The van der Waals surface area contributed by atoms with Crippen LogP contribution in [0.25, 0.3) is 0 Å². The summed E-state index contributed by atoms with van der Waals surface area (Å²) in [5.74, 6) is 0.555. The maximum absolute atomic E-state index is 11.7. The Morgan fingerprint density at radius 2 is 2.17 bits per heavy atom. The van der Waals surface area contributed by atoms with E-state index in [1.165, 1.54) is 12.8 Å². The van der Waals surface area contributed by atoms with Gasteiger partial charge in [0.1, 0.15) is 0 Å². The van der Waals surface area contributed by atoms with Crippen LogP contribution in [0.4, 0.5) is 5.82 Å². The van der Waals surface area contributed by atoms with Crippen molar-refractivity contribution < 1.29 is 0 Å². The standard InChI is InChI=1S/C13H20N4O/c14-10-2-1-3-13(10)4-8-17(9-5-13)11-12(18)16-7-6-15-11/h6-7,10H,1-5,8-9,14H2,(H,16,18). The van der Waals surface area contributed by atoms with Gasteiger partial charge in [0.15, 0.2) is 5.82 Å². The number of hydrogen-bond donors (Lipinski definition) is 2. The molecule has 0 amide bonds. The Bertz CT molecular complexity index is 476. The van der Waals surface area contributed by atoms with E-state index in [0.717, 1.165) is 32.4 Å². The number of nitrogens with zero attached hydrogens (tertiary/aromatic N) is 2. The maximum Gasteiger partial charge on any atom is 0.290 e. The summed E-state index contributed by atoms with van der Waals surface area (Å²) in [4.78, 5) is 20.7. The molecule has 1 aliphatic heterocycles. The molecule has 2 heterocycles. The molecule has 1 saturated heterocycles. The molecule has 1 aromatic heterocycles. The SMILES string of the molecule is NC1CCCC12CCN(c1ncc[nH]c1=O)CC2. The molecule has 0 radical (unpaired) electrons. The van der Waals surface area contributed by atoms with Gasteiger partial charge < -0.3 is 15.6 Å². The van der Waals surface area contributed by atoms with Crippen molar-refractivity contribution in [1.82, 2.24) is 9.97 Å². The normalized spacial score (nSPS) is 26.7. The molecule has 3 N–H and O–H groups in total. The summed E-state index contributed by atoms with van der Waals surface area (Å²) in [6, 6.07) is 0.349. The highest BCUT2D eigenvalue weighted by Gasteiger charge is 2.43. The lowest BCUT2D eigenvalue weighted by Gasteiger charge is -2.42. The number of anilines is 1. The summed E-state index contributed by atoms with van der Waals surface area (Å²) in [7, 11) is 0. The quantitative estimate of drug-likeness (QED) is 0.773. The Labute approximate surface area is 106 Å². The highest BCUT2D eigenvalue weighted by atomic mass is 16.1. The van der Waals surface area contributed by atoms with Crippen LogP contribution in [0, 0.1) is 5.41 Å². The van der Waals surface area contributed by atoms with E-state index in [1.54, 1.807) is 12.4 Å². The van der Waals surface area contributed by atoms with Crippen molar-refractivity contribution in [3.8, 4) is 0 Å². The number of aromatic nitrogens is 2.